The molecule has 7 aromatic heterocycles. The van der Waals surface area contributed by atoms with Gasteiger partial charge in [0.05, 0.1) is 67.6 Å². The minimum atomic E-state index is -0.388. The highest BCUT2D eigenvalue weighted by Gasteiger charge is 2.21. The summed E-state index contributed by atoms with van der Waals surface area (Å²) >= 11 is 12.2. The zero-order chi connectivity index (χ0) is 59.1. The van der Waals surface area contributed by atoms with Crippen LogP contribution in [0.25, 0.3) is 60.7 Å². The van der Waals surface area contributed by atoms with Gasteiger partial charge in [0.15, 0.2) is 11.6 Å². The maximum absolute atomic E-state index is 11.7. The molecule has 0 aliphatic heterocycles. The maximum atomic E-state index is 11.7. The highest BCUT2D eigenvalue weighted by molar-refractivity contribution is 6.34. The quantitative estimate of drug-likeness (QED) is 0.0608. The molecule has 0 amide bonds. The molecule has 85 heavy (non-hydrogen) atoms. The van der Waals surface area contributed by atoms with Crippen LogP contribution in [0.2, 0.25) is 10.0 Å². The molecule has 13 rings (SSSR count). The molecule has 422 valence electrons. The van der Waals surface area contributed by atoms with E-state index in [0.717, 1.165) is 65.7 Å². The maximum Gasteiger partial charge on any atom is 0.268 e. The van der Waals surface area contributed by atoms with Gasteiger partial charge in [0.25, 0.3) is 5.52 Å². The van der Waals surface area contributed by atoms with Gasteiger partial charge in [0.1, 0.15) is 52.6 Å². The molecule has 0 spiro atoms. The van der Waals surface area contributed by atoms with Gasteiger partial charge < -0.3 is 14.2 Å². The van der Waals surface area contributed by atoms with E-state index in [2.05, 4.69) is 45.9 Å². The molecule has 19 nitrogen and oxygen atoms in total. The van der Waals surface area contributed by atoms with Gasteiger partial charge in [0, 0.05) is 62.7 Å². The number of nitrogens with zero attached hydrogens (tertiary/aromatic N) is 13. The summed E-state index contributed by atoms with van der Waals surface area (Å²) in [4.78, 5) is 36.6. The van der Waals surface area contributed by atoms with Crippen molar-refractivity contribution in [3.63, 3.8) is 0 Å². The van der Waals surface area contributed by atoms with Crippen molar-refractivity contribution in [1.82, 2.24) is 59.9 Å². The van der Waals surface area contributed by atoms with Crippen LogP contribution in [0, 0.1) is 0 Å². The van der Waals surface area contributed by atoms with Gasteiger partial charge in [-0.15, -0.1) is 15.3 Å². The Hall–Kier alpha value is -10.5. The second-order valence-corrected chi connectivity index (χ2v) is 20.4. The molecule has 0 saturated carbocycles. The average Bonchev–Trinajstić information content (AvgIpc) is 4.55. The van der Waals surface area contributed by atoms with Crippen LogP contribution in [0.1, 0.15) is 90.7 Å². The fourth-order valence-corrected chi connectivity index (χ4v) is 9.71. The SMILES string of the molecule is CC(=O)c1cc(-n2cc([C@@H](C)Oc3cc[n+](O)c4ccccc34)nn2)ccc1Cl.CC(=O)c1cc(-n2cc([C@@H](C)Oc3ccnc4ccccc34)nn2)ccc1Cl.C[C@@H](Oc1ccnc2ccccc12)c1cn(-c2ccc3cccnc3c2)nn1. The van der Waals surface area contributed by atoms with Gasteiger partial charge in [-0.25, -0.2) is 14.0 Å². The molecule has 7 heterocycles. The number of Topliss-reactive ketones (excluding diaryl/α,β-unsaturated/α-hetero) is 2. The molecular formula is C64H52Cl2N13O6+. The van der Waals surface area contributed by atoms with Crippen molar-refractivity contribution in [3.05, 3.63) is 239 Å². The topological polar surface area (TPSA) is 217 Å². The Morgan fingerprint density at radius 1 is 0.471 bits per heavy atom. The van der Waals surface area contributed by atoms with Gasteiger partial charge in [-0.3, -0.25) is 29.7 Å². The molecule has 0 radical (unpaired) electrons. The van der Waals surface area contributed by atoms with Gasteiger partial charge in [0.2, 0.25) is 6.20 Å². The number of rotatable bonds is 14. The molecule has 0 saturated heterocycles. The summed E-state index contributed by atoms with van der Waals surface area (Å²) in [7, 11) is 0. The number of ether oxygens (including phenoxy) is 3. The van der Waals surface area contributed by atoms with E-state index in [0.29, 0.717) is 55.2 Å². The van der Waals surface area contributed by atoms with Crippen molar-refractivity contribution < 1.29 is 33.7 Å². The van der Waals surface area contributed by atoms with Crippen LogP contribution in [-0.4, -0.2) is 76.7 Å². The number of fused-ring (bicyclic) bond motifs is 4. The highest BCUT2D eigenvalue weighted by Crippen LogP contribution is 2.32. The highest BCUT2D eigenvalue weighted by atomic mass is 35.5. The van der Waals surface area contributed by atoms with Crippen molar-refractivity contribution in [3.8, 4) is 34.3 Å². The van der Waals surface area contributed by atoms with E-state index < -0.39 is 0 Å². The summed E-state index contributed by atoms with van der Waals surface area (Å²) in [5.41, 5.74) is 8.54. The Balaban J connectivity index is 0.000000133. The minimum Gasteiger partial charge on any atom is -0.484 e. The van der Waals surface area contributed by atoms with Gasteiger partial charge >= 0.3 is 0 Å². The van der Waals surface area contributed by atoms with Crippen molar-refractivity contribution in [2.24, 2.45) is 0 Å². The van der Waals surface area contributed by atoms with Crippen LogP contribution in [0.5, 0.6) is 17.2 Å². The summed E-state index contributed by atoms with van der Waals surface area (Å²) < 4.78 is 24.3. The largest absolute Gasteiger partial charge is 0.484 e. The molecule has 6 aromatic carbocycles. The number of aromatic nitrogens is 13. The first kappa shape index (κ1) is 56.4. The number of benzene rings is 6. The molecule has 0 unspecified atom stereocenters. The number of hydrogen-bond donors (Lipinski definition) is 1. The van der Waals surface area contributed by atoms with Gasteiger partial charge in [-0.05, 0) is 132 Å². The smallest absolute Gasteiger partial charge is 0.268 e. The minimum absolute atomic E-state index is 0.103. The van der Waals surface area contributed by atoms with Crippen LogP contribution in [0.4, 0.5) is 0 Å². The van der Waals surface area contributed by atoms with Crippen LogP contribution >= 0.6 is 23.2 Å². The molecule has 0 bridgehead atoms. The zero-order valence-electron chi connectivity index (χ0n) is 46.3. The van der Waals surface area contributed by atoms with Crippen LogP contribution in [-0.2, 0) is 0 Å². The Morgan fingerprint density at radius 2 is 0.894 bits per heavy atom. The number of para-hydroxylation sites is 3. The van der Waals surface area contributed by atoms with E-state index in [1.807, 2.05) is 136 Å². The first-order valence-electron chi connectivity index (χ1n) is 26.8. The summed E-state index contributed by atoms with van der Waals surface area (Å²) in [6.45, 7) is 8.69. The Labute approximate surface area is 496 Å². The molecule has 1 N–H and O–H groups in total. The first-order valence-corrected chi connectivity index (χ1v) is 27.5. The van der Waals surface area contributed by atoms with Crippen molar-refractivity contribution in [2.75, 3.05) is 0 Å². The number of carbonyl (C=O) groups is 2. The van der Waals surface area contributed by atoms with Gasteiger partial charge in [-0.1, -0.05) is 87.4 Å². The standard InChI is InChI=1S/C22H17N5O.C21H18ClN4O3.C21H17ClN4O2/c1-15(28-22-10-12-24-19-7-3-2-6-18(19)22)21-14-27(26-25-21)17-9-8-16-5-4-11-23-20(16)13-17;1-13(27)17-11-15(7-8-18(17)22)25-12-19(23-24-25)14(2)29-21-9-10-26(28)20-6-4-3-5-16(20)21;1-13(27)17-11-15(7-8-18(17)22)26-12-20(24-25-26)14(2)28-21-9-10-23-19-6-4-3-5-16(19)21/h2-15H,1H3;3-12,14,28H,1-2H3;3-12,14H,1-2H3/q;+1;/t15-;2*14-/m111/s1. The Morgan fingerprint density at radius 3 is 1.39 bits per heavy atom. The Kier molecular flexibility index (Phi) is 16.5. The van der Waals surface area contributed by atoms with E-state index in [9.17, 15) is 14.8 Å². The van der Waals surface area contributed by atoms with Crippen molar-refractivity contribution in [1.29, 1.82) is 0 Å². The third kappa shape index (κ3) is 12.6. The van der Waals surface area contributed by atoms with Crippen LogP contribution < -0.4 is 18.9 Å². The Bertz CT molecular complexity index is 4580. The number of hydrogen-bond acceptors (Lipinski definition) is 15. The molecule has 0 aliphatic rings. The third-order valence-electron chi connectivity index (χ3n) is 13.7. The number of halogens is 2. The summed E-state index contributed by atoms with van der Waals surface area (Å²) in [6, 6.07) is 48.8. The molecule has 21 heteroatoms. The second-order valence-electron chi connectivity index (χ2n) is 19.6. The predicted molar refractivity (Wildman–Crippen MR) is 321 cm³/mol. The van der Waals surface area contributed by atoms with E-state index in [1.54, 1.807) is 93.6 Å². The fourth-order valence-electron chi connectivity index (χ4n) is 9.21. The van der Waals surface area contributed by atoms with E-state index >= 15 is 0 Å². The molecule has 3 atom stereocenters. The van der Waals surface area contributed by atoms with Crippen LogP contribution in [0.15, 0.2) is 201 Å². The summed E-state index contributed by atoms with van der Waals surface area (Å²) in [5.74, 6) is 1.92. The van der Waals surface area contributed by atoms with Crippen molar-refractivity contribution in [2.45, 2.75) is 52.9 Å². The van der Waals surface area contributed by atoms with E-state index in [-0.39, 0.29) is 29.9 Å². The zero-order valence-corrected chi connectivity index (χ0v) is 47.9. The number of ketones is 2. The molecule has 13 aromatic rings. The van der Waals surface area contributed by atoms with E-state index in [1.165, 1.54) is 20.0 Å². The van der Waals surface area contributed by atoms with Gasteiger partial charge in [-0.2, -0.15) is 0 Å². The lowest BCUT2D eigenvalue weighted by molar-refractivity contribution is -0.884. The second kappa shape index (κ2) is 24.9. The molecule has 0 aliphatic carbocycles. The third-order valence-corrected chi connectivity index (χ3v) is 14.4. The number of pyridine rings is 4. The predicted octanol–water partition coefficient (Wildman–Crippen LogP) is 13.3. The molecule has 0 fully saturated rings. The monoisotopic (exact) mass is 1170 g/mol. The first-order chi connectivity index (χ1) is 41.2. The van der Waals surface area contributed by atoms with E-state index in [4.69, 9.17) is 37.4 Å². The summed E-state index contributed by atoms with van der Waals surface area (Å²) in [5, 5.41) is 39.8. The summed E-state index contributed by atoms with van der Waals surface area (Å²) in [6.07, 6.45) is 11.2. The lowest BCUT2D eigenvalue weighted by Gasteiger charge is -2.13. The number of carbonyl (C=O) groups excluding carboxylic acids is 2. The molecular weight excluding hydrogens is 1120 g/mol. The fraction of sp³-hybridized carbons (Fsp3) is 0.125. The lowest BCUT2D eigenvalue weighted by atomic mass is 10.1. The van der Waals surface area contributed by atoms with Crippen LogP contribution in [0.3, 0.4) is 0 Å². The lowest BCUT2D eigenvalue weighted by Crippen LogP contribution is -2.30. The van der Waals surface area contributed by atoms with Crippen molar-refractivity contribution >= 4 is 78.4 Å². The normalized spacial score (nSPS) is 12.2. The average molecular weight is 1170 g/mol.